The van der Waals surface area contributed by atoms with Gasteiger partial charge in [-0.3, -0.25) is 20.3 Å². The molecule has 1 unspecified atom stereocenters. The molecule has 0 radical (unpaired) electrons. The highest BCUT2D eigenvalue weighted by Crippen LogP contribution is 2.33. The zero-order valence-corrected chi connectivity index (χ0v) is 16.8. The summed E-state index contributed by atoms with van der Waals surface area (Å²) < 4.78 is 5.67. The van der Waals surface area contributed by atoms with Gasteiger partial charge in [-0.15, -0.1) is 0 Å². The number of aryl methyl sites for hydroxylation is 1. The topological polar surface area (TPSA) is 90.9 Å². The van der Waals surface area contributed by atoms with Crippen LogP contribution in [0.2, 0.25) is 0 Å². The summed E-state index contributed by atoms with van der Waals surface area (Å²) in [5.74, 6) is 0.0429. The molecule has 7 nitrogen and oxygen atoms in total. The van der Waals surface area contributed by atoms with E-state index in [0.717, 1.165) is 24.8 Å². The first-order valence-corrected chi connectivity index (χ1v) is 9.88. The van der Waals surface area contributed by atoms with Crippen molar-refractivity contribution < 1.29 is 19.5 Å². The van der Waals surface area contributed by atoms with Gasteiger partial charge in [0.2, 0.25) is 0 Å². The third kappa shape index (κ3) is 4.68. The van der Waals surface area contributed by atoms with Gasteiger partial charge in [0.05, 0.1) is 5.69 Å². The van der Waals surface area contributed by atoms with E-state index in [1.165, 1.54) is 0 Å². The summed E-state index contributed by atoms with van der Waals surface area (Å²) in [5.41, 5.74) is 4.88. The van der Waals surface area contributed by atoms with E-state index < -0.39 is 6.04 Å². The molecule has 0 bridgehead atoms. The molecule has 2 amide bonds. The van der Waals surface area contributed by atoms with Gasteiger partial charge in [0.15, 0.2) is 6.61 Å². The monoisotopic (exact) mass is 397 g/mol. The molecule has 7 heteroatoms. The fourth-order valence-corrected chi connectivity index (χ4v) is 3.47. The number of carbonyl (C=O) groups excluding carboxylic acids is 2. The van der Waals surface area contributed by atoms with Crippen LogP contribution in [0.25, 0.3) is 0 Å². The van der Waals surface area contributed by atoms with Crippen LogP contribution in [0.5, 0.6) is 5.75 Å². The Morgan fingerprint density at radius 1 is 1.24 bits per heavy atom. The number of hydrogen-bond acceptors (Lipinski definition) is 5. The van der Waals surface area contributed by atoms with Crippen molar-refractivity contribution in [1.82, 2.24) is 5.32 Å². The molecule has 0 saturated heterocycles. The number of ether oxygens (including phenoxy) is 1. The summed E-state index contributed by atoms with van der Waals surface area (Å²) >= 11 is 0. The lowest BCUT2D eigenvalue weighted by Gasteiger charge is -2.28. The zero-order valence-electron chi connectivity index (χ0n) is 16.8. The standard InChI is InChI=1S/C22H27N3O4/c1-3-4-5-13-25(17-11-9-16(24-28)10-12-17)22(27)20-18-8-6-7-15(2)21(18)29-14-19(26)23-20/h6-12,20,24,28H,3-5,13-14H2,1-2H3,(H,23,26). The normalized spacial score (nSPS) is 15.6. The zero-order chi connectivity index (χ0) is 20.8. The fraction of sp³-hybridized carbons (Fsp3) is 0.364. The largest absolute Gasteiger partial charge is 0.483 e. The first-order valence-electron chi connectivity index (χ1n) is 9.88. The average molecular weight is 397 g/mol. The minimum absolute atomic E-state index is 0.117. The summed E-state index contributed by atoms with van der Waals surface area (Å²) in [4.78, 5) is 27.5. The summed E-state index contributed by atoms with van der Waals surface area (Å²) in [6.45, 7) is 4.42. The molecule has 1 aliphatic rings. The van der Waals surface area contributed by atoms with Crippen LogP contribution in [-0.4, -0.2) is 30.2 Å². The van der Waals surface area contributed by atoms with Gasteiger partial charge in [-0.1, -0.05) is 38.0 Å². The first-order chi connectivity index (χ1) is 14.0. The van der Waals surface area contributed by atoms with E-state index in [9.17, 15) is 9.59 Å². The van der Waals surface area contributed by atoms with Gasteiger partial charge in [-0.05, 0) is 43.2 Å². The molecule has 0 spiro atoms. The maximum absolute atomic E-state index is 13.6. The Morgan fingerprint density at radius 3 is 2.69 bits per heavy atom. The van der Waals surface area contributed by atoms with Gasteiger partial charge in [0, 0.05) is 17.8 Å². The van der Waals surface area contributed by atoms with E-state index in [1.807, 2.05) is 25.1 Å². The number of nitrogens with zero attached hydrogens (tertiary/aromatic N) is 1. The Labute approximate surface area is 170 Å². The van der Waals surface area contributed by atoms with Crippen LogP contribution in [0.1, 0.15) is 43.4 Å². The average Bonchev–Trinajstić information content (AvgIpc) is 2.91. The number of anilines is 2. The number of unbranched alkanes of at least 4 members (excludes halogenated alkanes) is 2. The second-order valence-corrected chi connectivity index (χ2v) is 7.14. The van der Waals surface area contributed by atoms with Gasteiger partial charge in [-0.25, -0.2) is 0 Å². The predicted molar refractivity (Wildman–Crippen MR) is 111 cm³/mol. The van der Waals surface area contributed by atoms with Crippen molar-refractivity contribution in [3.8, 4) is 5.75 Å². The van der Waals surface area contributed by atoms with Gasteiger partial charge in [-0.2, -0.15) is 0 Å². The molecule has 3 N–H and O–H groups in total. The molecule has 2 aromatic rings. The number of nitrogens with one attached hydrogen (secondary N) is 2. The quantitative estimate of drug-likeness (QED) is 0.491. The maximum atomic E-state index is 13.6. The SMILES string of the molecule is CCCCCN(C(=O)C1NC(=O)COc2c(C)cccc21)c1ccc(NO)cc1. The smallest absolute Gasteiger partial charge is 0.258 e. The maximum Gasteiger partial charge on any atom is 0.258 e. The number of fused-ring (bicyclic) bond motifs is 1. The van der Waals surface area contributed by atoms with Gasteiger partial charge < -0.3 is 15.0 Å². The summed E-state index contributed by atoms with van der Waals surface area (Å²) in [5, 5.41) is 11.9. The van der Waals surface area contributed by atoms with Crippen LogP contribution in [0.4, 0.5) is 11.4 Å². The van der Waals surface area contributed by atoms with Crippen molar-refractivity contribution in [2.45, 2.75) is 39.2 Å². The van der Waals surface area contributed by atoms with Crippen LogP contribution < -0.4 is 20.4 Å². The van der Waals surface area contributed by atoms with E-state index in [1.54, 1.807) is 29.2 Å². The molecule has 29 heavy (non-hydrogen) atoms. The van der Waals surface area contributed by atoms with Crippen molar-refractivity contribution in [2.75, 3.05) is 23.5 Å². The number of rotatable bonds is 7. The molecular weight excluding hydrogens is 370 g/mol. The van der Waals surface area contributed by atoms with Crippen LogP contribution in [-0.2, 0) is 9.59 Å². The Bertz CT molecular complexity index is 867. The molecule has 1 heterocycles. The number of para-hydroxylation sites is 1. The van der Waals surface area contributed by atoms with Crippen LogP contribution >= 0.6 is 0 Å². The van der Waals surface area contributed by atoms with E-state index in [4.69, 9.17) is 9.94 Å². The highest BCUT2D eigenvalue weighted by Gasteiger charge is 2.33. The van der Waals surface area contributed by atoms with Crippen molar-refractivity contribution in [3.05, 3.63) is 53.6 Å². The number of hydrogen-bond donors (Lipinski definition) is 3. The lowest BCUT2D eigenvalue weighted by molar-refractivity contribution is -0.128. The molecule has 2 aromatic carbocycles. The molecule has 0 aromatic heterocycles. The van der Waals surface area contributed by atoms with E-state index in [0.29, 0.717) is 29.2 Å². The Morgan fingerprint density at radius 2 is 2.00 bits per heavy atom. The van der Waals surface area contributed by atoms with Crippen molar-refractivity contribution in [3.63, 3.8) is 0 Å². The third-order valence-electron chi connectivity index (χ3n) is 5.01. The van der Waals surface area contributed by atoms with Gasteiger partial charge in [0.1, 0.15) is 11.8 Å². The second kappa shape index (κ2) is 9.43. The van der Waals surface area contributed by atoms with Crippen LogP contribution in [0.3, 0.4) is 0 Å². The highest BCUT2D eigenvalue weighted by atomic mass is 16.5. The van der Waals surface area contributed by atoms with E-state index >= 15 is 0 Å². The summed E-state index contributed by atoms with van der Waals surface area (Å²) in [6, 6.07) is 11.7. The lowest BCUT2D eigenvalue weighted by atomic mass is 10.0. The molecule has 0 saturated carbocycles. The Balaban J connectivity index is 1.97. The minimum atomic E-state index is -0.822. The first kappa shape index (κ1) is 20.7. The van der Waals surface area contributed by atoms with E-state index in [2.05, 4.69) is 17.7 Å². The fourth-order valence-electron chi connectivity index (χ4n) is 3.47. The van der Waals surface area contributed by atoms with Gasteiger partial charge in [0.25, 0.3) is 11.8 Å². The molecule has 154 valence electrons. The summed E-state index contributed by atoms with van der Waals surface area (Å²) in [6.07, 6.45) is 2.88. The highest BCUT2D eigenvalue weighted by molar-refractivity contribution is 6.00. The molecule has 1 atom stereocenters. The molecule has 1 aliphatic heterocycles. The predicted octanol–water partition coefficient (Wildman–Crippen LogP) is 3.57. The Kier molecular flexibility index (Phi) is 6.72. The Hall–Kier alpha value is -3.06. The second-order valence-electron chi connectivity index (χ2n) is 7.14. The molecule has 0 aliphatic carbocycles. The van der Waals surface area contributed by atoms with Gasteiger partial charge >= 0.3 is 0 Å². The van der Waals surface area contributed by atoms with E-state index in [-0.39, 0.29) is 18.4 Å². The number of amides is 2. The summed E-state index contributed by atoms with van der Waals surface area (Å²) in [7, 11) is 0. The van der Waals surface area contributed by atoms with Crippen molar-refractivity contribution >= 4 is 23.2 Å². The lowest BCUT2D eigenvalue weighted by Crippen LogP contribution is -2.43. The number of carbonyl (C=O) groups is 2. The molecule has 0 fully saturated rings. The van der Waals surface area contributed by atoms with Crippen LogP contribution in [0.15, 0.2) is 42.5 Å². The minimum Gasteiger partial charge on any atom is -0.483 e. The molecule has 3 rings (SSSR count). The van der Waals surface area contributed by atoms with Crippen LogP contribution in [0, 0.1) is 6.92 Å². The third-order valence-corrected chi connectivity index (χ3v) is 5.01. The van der Waals surface area contributed by atoms with Crippen molar-refractivity contribution in [2.24, 2.45) is 0 Å². The number of benzene rings is 2. The van der Waals surface area contributed by atoms with Crippen molar-refractivity contribution in [1.29, 1.82) is 0 Å². The molecular formula is C22H27N3O4.